The maximum Gasteiger partial charge on any atom is 0.317 e. The Morgan fingerprint density at radius 2 is 1.33 bits per heavy atom. The van der Waals surface area contributed by atoms with Gasteiger partial charge in [-0.15, -0.1) is 5.76 Å². The molecule has 1 aliphatic carbocycles. The highest BCUT2D eigenvalue weighted by Gasteiger charge is 2.47. The van der Waals surface area contributed by atoms with E-state index in [1.807, 2.05) is 61.5 Å². The van der Waals surface area contributed by atoms with Gasteiger partial charge < -0.3 is 14.6 Å². The zero-order valence-electron chi connectivity index (χ0n) is 22.1. The molecule has 2 atom stereocenters. The van der Waals surface area contributed by atoms with Crippen molar-refractivity contribution in [3.8, 4) is 0 Å². The molecule has 3 aromatic carbocycles. The summed E-state index contributed by atoms with van der Waals surface area (Å²) < 4.78 is 11.8. The maximum absolute atomic E-state index is 13.6. The molecule has 3 aromatic rings. The normalized spacial score (nSPS) is 16.5. The Bertz CT molecular complexity index is 1270. The van der Waals surface area contributed by atoms with Crippen LogP contribution in [0.4, 0.5) is 0 Å². The first-order chi connectivity index (χ1) is 19.0. The molecule has 0 aliphatic heterocycles. The van der Waals surface area contributed by atoms with E-state index in [1.54, 1.807) is 31.2 Å². The number of esters is 1. The number of hydrogen-bond acceptors (Lipinski definition) is 4. The first kappa shape index (κ1) is 28.4. The molecule has 4 nitrogen and oxygen atoms in total. The van der Waals surface area contributed by atoms with Gasteiger partial charge in [-0.05, 0) is 56.3 Å². The molecule has 4 rings (SSSR count). The van der Waals surface area contributed by atoms with Gasteiger partial charge in [0.05, 0.1) is 13.2 Å². The van der Waals surface area contributed by atoms with Crippen LogP contribution >= 0.6 is 18.9 Å². The van der Waals surface area contributed by atoms with Crippen molar-refractivity contribution >= 4 is 40.7 Å². The molecule has 0 saturated heterocycles. The van der Waals surface area contributed by atoms with Gasteiger partial charge in [0.2, 0.25) is 0 Å². The van der Waals surface area contributed by atoms with E-state index in [1.165, 1.54) is 0 Å². The number of benzene rings is 3. The van der Waals surface area contributed by atoms with E-state index >= 15 is 0 Å². The Hall–Kier alpha value is -3.59. The summed E-state index contributed by atoms with van der Waals surface area (Å²) in [6.45, 7) is 4.10. The smallest absolute Gasteiger partial charge is 0.317 e. The van der Waals surface area contributed by atoms with Crippen molar-refractivity contribution in [1.29, 1.82) is 0 Å². The SMILES string of the molecule is CCOC(=O)C(/C(=C/[P+](c1ccccc1)(c1ccccc1)c1ccccc1)OCC)C1C=CC=CC(Cl)=C1[O-]. The summed E-state index contributed by atoms with van der Waals surface area (Å²) in [5.41, 5.74) is 0. The van der Waals surface area contributed by atoms with Crippen LogP contribution in [0.1, 0.15) is 13.8 Å². The summed E-state index contributed by atoms with van der Waals surface area (Å²) in [6, 6.07) is 30.7. The van der Waals surface area contributed by atoms with E-state index in [0.717, 1.165) is 15.9 Å². The average Bonchev–Trinajstić information content (AvgIpc) is 3.13. The van der Waals surface area contributed by atoms with Crippen molar-refractivity contribution in [2.75, 3.05) is 13.2 Å². The summed E-state index contributed by atoms with van der Waals surface area (Å²) in [4.78, 5) is 13.6. The van der Waals surface area contributed by atoms with E-state index in [9.17, 15) is 9.90 Å². The van der Waals surface area contributed by atoms with Crippen LogP contribution in [-0.2, 0) is 14.3 Å². The summed E-state index contributed by atoms with van der Waals surface area (Å²) in [7, 11) is -2.53. The number of hydrogen-bond donors (Lipinski definition) is 0. The van der Waals surface area contributed by atoms with Crippen LogP contribution in [0.5, 0.6) is 0 Å². The van der Waals surface area contributed by atoms with E-state index in [4.69, 9.17) is 21.1 Å². The topological polar surface area (TPSA) is 58.6 Å². The van der Waals surface area contributed by atoms with Crippen LogP contribution in [0, 0.1) is 11.8 Å². The number of carbonyl (C=O) groups excluding carboxylic acids is 1. The number of allylic oxidation sites excluding steroid dienone is 5. The minimum Gasteiger partial charge on any atom is -0.874 e. The van der Waals surface area contributed by atoms with Crippen LogP contribution in [0.3, 0.4) is 0 Å². The number of halogens is 1. The Morgan fingerprint density at radius 1 is 0.846 bits per heavy atom. The summed E-state index contributed by atoms with van der Waals surface area (Å²) >= 11 is 6.33. The second-order valence-electron chi connectivity index (χ2n) is 8.91. The van der Waals surface area contributed by atoms with Crippen molar-refractivity contribution < 1.29 is 19.4 Å². The molecule has 0 bridgehead atoms. The van der Waals surface area contributed by atoms with E-state index in [2.05, 4.69) is 42.2 Å². The van der Waals surface area contributed by atoms with Gasteiger partial charge in [-0.1, -0.05) is 84.4 Å². The molecule has 0 N–H and O–H groups in total. The molecule has 39 heavy (non-hydrogen) atoms. The predicted molar refractivity (Wildman–Crippen MR) is 160 cm³/mol. The van der Waals surface area contributed by atoms with Gasteiger partial charge in [0.1, 0.15) is 40.7 Å². The third-order valence-electron chi connectivity index (χ3n) is 6.54. The fraction of sp³-hybridized carbons (Fsp3) is 0.182. The highest BCUT2D eigenvalue weighted by Crippen LogP contribution is 2.58. The molecule has 0 fully saturated rings. The van der Waals surface area contributed by atoms with E-state index < -0.39 is 25.1 Å². The molecule has 200 valence electrons. The number of ether oxygens (including phenoxy) is 2. The first-order valence-corrected chi connectivity index (χ1v) is 15.3. The van der Waals surface area contributed by atoms with E-state index in [-0.39, 0.29) is 17.4 Å². The number of rotatable bonds is 10. The molecule has 0 saturated carbocycles. The lowest BCUT2D eigenvalue weighted by Gasteiger charge is -2.32. The predicted octanol–water partition coefficient (Wildman–Crippen LogP) is 5.59. The van der Waals surface area contributed by atoms with E-state index in [0.29, 0.717) is 12.4 Å². The highest BCUT2D eigenvalue weighted by atomic mass is 35.5. The molecule has 0 radical (unpaired) electrons. The van der Waals surface area contributed by atoms with Gasteiger partial charge in [0.25, 0.3) is 0 Å². The second-order valence-corrected chi connectivity index (χ2v) is 12.6. The molecular formula is C33H32ClO4P. The minimum atomic E-state index is -2.53. The van der Waals surface area contributed by atoms with Crippen LogP contribution in [0.2, 0.25) is 0 Å². The lowest BCUT2D eigenvalue weighted by Crippen LogP contribution is -2.35. The van der Waals surface area contributed by atoms with Crippen molar-refractivity contribution in [3.05, 3.63) is 138 Å². The molecule has 0 heterocycles. The Kier molecular flexibility index (Phi) is 9.81. The zero-order valence-corrected chi connectivity index (χ0v) is 23.7. The highest BCUT2D eigenvalue weighted by molar-refractivity contribution is 7.98. The molecule has 2 unspecified atom stereocenters. The van der Waals surface area contributed by atoms with Crippen molar-refractivity contribution in [2.24, 2.45) is 11.8 Å². The molecule has 0 amide bonds. The van der Waals surface area contributed by atoms with Gasteiger partial charge in [-0.3, -0.25) is 4.79 Å². The van der Waals surface area contributed by atoms with Crippen LogP contribution < -0.4 is 21.0 Å². The molecular weight excluding hydrogens is 527 g/mol. The first-order valence-electron chi connectivity index (χ1n) is 13.0. The average molecular weight is 559 g/mol. The third-order valence-corrected chi connectivity index (χ3v) is 10.8. The lowest BCUT2D eigenvalue weighted by atomic mass is 9.88. The quantitative estimate of drug-likeness (QED) is 0.185. The third kappa shape index (κ3) is 6.19. The Morgan fingerprint density at radius 3 is 1.79 bits per heavy atom. The van der Waals surface area contributed by atoms with Gasteiger partial charge >= 0.3 is 5.97 Å². The monoisotopic (exact) mass is 558 g/mol. The van der Waals surface area contributed by atoms with Gasteiger partial charge in [-0.2, -0.15) is 0 Å². The molecule has 6 heteroatoms. The minimum absolute atomic E-state index is 0.0605. The summed E-state index contributed by atoms with van der Waals surface area (Å²) in [5.74, 6) is -0.292. The van der Waals surface area contributed by atoms with Gasteiger partial charge in [0, 0.05) is 11.0 Å². The largest absolute Gasteiger partial charge is 0.874 e. The van der Waals surface area contributed by atoms with Gasteiger partial charge in [-0.25, -0.2) is 0 Å². The summed E-state index contributed by atoms with van der Waals surface area (Å²) in [5, 5.41) is 16.8. The Labute approximate surface area is 236 Å². The molecule has 0 spiro atoms. The van der Waals surface area contributed by atoms with Gasteiger partial charge in [0.15, 0.2) is 0 Å². The van der Waals surface area contributed by atoms with Crippen molar-refractivity contribution in [3.63, 3.8) is 0 Å². The number of carbonyl (C=O) groups is 1. The van der Waals surface area contributed by atoms with Crippen LogP contribution in [-0.4, -0.2) is 19.2 Å². The van der Waals surface area contributed by atoms with Crippen LogP contribution in [0.15, 0.2) is 138 Å². The molecule has 0 aromatic heterocycles. The second kappa shape index (κ2) is 13.5. The molecule has 1 aliphatic rings. The zero-order chi connectivity index (χ0) is 27.7. The summed E-state index contributed by atoms with van der Waals surface area (Å²) in [6.07, 6.45) is 6.68. The lowest BCUT2D eigenvalue weighted by molar-refractivity contribution is -0.315. The fourth-order valence-corrected chi connectivity index (χ4v) is 8.90. The standard InChI is InChI=1S/C33H32ClO4P/c1-3-37-30(31(33(36)38-4-2)28-22-14-15-23-29(34)32(28)35)24-39(25-16-8-5-9-17-25,26-18-10-6-11-19-26)27-20-12-7-13-21-27/h5-24,28,31H,3-4H2,1-2H3/b30-24-. The fourth-order valence-electron chi connectivity index (χ4n) is 4.81. The van der Waals surface area contributed by atoms with Crippen LogP contribution in [0.25, 0.3) is 0 Å². The van der Waals surface area contributed by atoms with Crippen molar-refractivity contribution in [1.82, 2.24) is 0 Å². The Balaban J connectivity index is 2.07. The maximum atomic E-state index is 13.6. The van der Waals surface area contributed by atoms with Crippen molar-refractivity contribution in [2.45, 2.75) is 13.8 Å².